The standard InChI is InChI=1S/C41H60N6O5/c1-27(2)31(43-8)36(50)46-25-16-22-30(46)35(49)47(37(51)32(42)39(3,4)5)38(52)41(23-17-24-45(41)26-28-18-12-10-13-19-28)34(48)33(44-9)40(6,7)29-20-14-11-15-21-29/h10-15,18-21,27,30-33,43-44H,16-17,22-26,42H2,1-9H3/t30-,31-,32+,33+,41+/m0/s1. The summed E-state index contributed by atoms with van der Waals surface area (Å²) in [6.45, 7) is 14.0. The molecule has 0 saturated carbocycles. The van der Waals surface area contributed by atoms with Gasteiger partial charge in [0.25, 0.3) is 17.7 Å². The number of benzene rings is 2. The van der Waals surface area contributed by atoms with Gasteiger partial charge < -0.3 is 21.3 Å². The summed E-state index contributed by atoms with van der Waals surface area (Å²) in [5.41, 5.74) is 4.84. The lowest BCUT2D eigenvalue weighted by atomic mass is 9.70. The van der Waals surface area contributed by atoms with Crippen molar-refractivity contribution in [3.8, 4) is 0 Å². The number of ketones is 1. The van der Waals surface area contributed by atoms with Gasteiger partial charge in [0.15, 0.2) is 11.3 Å². The van der Waals surface area contributed by atoms with E-state index in [2.05, 4.69) is 10.6 Å². The molecule has 2 fully saturated rings. The third kappa shape index (κ3) is 7.93. The molecule has 4 rings (SSSR count). The highest BCUT2D eigenvalue weighted by molar-refractivity contribution is 6.24. The molecule has 2 aliphatic rings. The predicted octanol–water partition coefficient (Wildman–Crippen LogP) is 3.65. The zero-order chi connectivity index (χ0) is 38.6. The number of Topliss-reactive ketones (excluding diaryl/α,β-unsaturated/α-hetero) is 1. The van der Waals surface area contributed by atoms with E-state index in [1.54, 1.807) is 34.9 Å². The zero-order valence-corrected chi connectivity index (χ0v) is 32.6. The molecular formula is C41H60N6O5. The van der Waals surface area contributed by atoms with Gasteiger partial charge in [-0.05, 0) is 62.2 Å². The van der Waals surface area contributed by atoms with E-state index in [0.717, 1.165) is 11.1 Å². The van der Waals surface area contributed by atoms with E-state index < -0.39 is 64.0 Å². The van der Waals surface area contributed by atoms with Crippen LogP contribution >= 0.6 is 0 Å². The Labute approximate surface area is 310 Å². The molecule has 52 heavy (non-hydrogen) atoms. The third-order valence-electron chi connectivity index (χ3n) is 11.2. The number of carbonyl (C=O) groups is 5. The maximum absolute atomic E-state index is 15.7. The topological polar surface area (TPSA) is 145 Å². The van der Waals surface area contributed by atoms with E-state index >= 15 is 9.59 Å². The Bertz CT molecular complexity index is 1590. The van der Waals surface area contributed by atoms with Crippen molar-refractivity contribution in [2.24, 2.45) is 17.1 Å². The van der Waals surface area contributed by atoms with Gasteiger partial charge >= 0.3 is 0 Å². The van der Waals surface area contributed by atoms with E-state index in [1.807, 2.05) is 93.3 Å². The maximum Gasteiger partial charge on any atom is 0.264 e. The fourth-order valence-electron chi connectivity index (χ4n) is 7.97. The SMILES string of the molecule is CN[C@H](C(=O)N1CCC[C@H]1C(=O)N(C(=O)[C@@H](N)C(C)(C)C)C(=O)[C@]1(C(=O)[C@@H](NC)C(C)(C)c2ccccc2)CCCN1Cc1ccccc1)C(C)C. The van der Waals surface area contributed by atoms with Gasteiger partial charge in [0, 0.05) is 25.0 Å². The van der Waals surface area contributed by atoms with Gasteiger partial charge in [-0.3, -0.25) is 28.9 Å². The van der Waals surface area contributed by atoms with Gasteiger partial charge in [0.1, 0.15) is 6.04 Å². The number of imide groups is 3. The first-order valence-electron chi connectivity index (χ1n) is 18.7. The average Bonchev–Trinajstić information content (AvgIpc) is 3.77. The van der Waals surface area contributed by atoms with Crippen LogP contribution in [0.15, 0.2) is 60.7 Å². The van der Waals surface area contributed by atoms with E-state index in [0.29, 0.717) is 30.8 Å². The number of hydrogen-bond acceptors (Lipinski definition) is 9. The minimum absolute atomic E-state index is 0.0695. The Morgan fingerprint density at radius 1 is 0.885 bits per heavy atom. The predicted molar refractivity (Wildman–Crippen MR) is 203 cm³/mol. The molecule has 11 heteroatoms. The summed E-state index contributed by atoms with van der Waals surface area (Å²) in [4.78, 5) is 78.6. The second kappa shape index (κ2) is 16.5. The van der Waals surface area contributed by atoms with Crippen molar-refractivity contribution >= 4 is 29.4 Å². The summed E-state index contributed by atoms with van der Waals surface area (Å²) in [6, 6.07) is 15.4. The average molecular weight is 717 g/mol. The van der Waals surface area contributed by atoms with Crippen LogP contribution < -0.4 is 16.4 Å². The minimum Gasteiger partial charge on any atom is -0.329 e. The van der Waals surface area contributed by atoms with Crippen LogP contribution in [0, 0.1) is 11.3 Å². The first kappa shape index (κ1) is 41.0. The molecular weight excluding hydrogens is 656 g/mol. The van der Waals surface area contributed by atoms with E-state index in [1.165, 1.54) is 4.90 Å². The highest BCUT2D eigenvalue weighted by Crippen LogP contribution is 2.40. The second-order valence-corrected chi connectivity index (χ2v) is 16.4. The number of nitrogens with zero attached hydrogens (tertiary/aromatic N) is 3. The zero-order valence-electron chi connectivity index (χ0n) is 32.6. The number of carbonyl (C=O) groups excluding carboxylic acids is 5. The summed E-state index contributed by atoms with van der Waals surface area (Å²) in [6.07, 6.45) is 1.39. The number of likely N-dealkylation sites (tertiary alicyclic amines) is 2. The van der Waals surface area contributed by atoms with Crippen molar-refractivity contribution in [3.63, 3.8) is 0 Å². The Hall–Kier alpha value is -3.77. The molecule has 0 unspecified atom stereocenters. The van der Waals surface area contributed by atoms with Crippen LogP contribution in [0.2, 0.25) is 0 Å². The van der Waals surface area contributed by atoms with Crippen molar-refractivity contribution in [2.45, 2.75) is 116 Å². The lowest BCUT2D eigenvalue weighted by Crippen LogP contribution is -2.71. The second-order valence-electron chi connectivity index (χ2n) is 16.4. The van der Waals surface area contributed by atoms with Crippen molar-refractivity contribution in [1.82, 2.24) is 25.3 Å². The lowest BCUT2D eigenvalue weighted by Gasteiger charge is -2.45. The quantitative estimate of drug-likeness (QED) is 0.209. The van der Waals surface area contributed by atoms with E-state index in [-0.39, 0.29) is 31.2 Å². The molecule has 11 nitrogen and oxygen atoms in total. The van der Waals surface area contributed by atoms with E-state index in [9.17, 15) is 14.4 Å². The van der Waals surface area contributed by atoms with Gasteiger partial charge in [-0.2, -0.15) is 0 Å². The molecule has 4 amide bonds. The minimum atomic E-state index is -1.89. The molecule has 0 bridgehead atoms. The summed E-state index contributed by atoms with van der Waals surface area (Å²) < 4.78 is 0. The van der Waals surface area contributed by atoms with Crippen LogP contribution in [0.5, 0.6) is 0 Å². The van der Waals surface area contributed by atoms with Gasteiger partial charge in [0.2, 0.25) is 5.91 Å². The third-order valence-corrected chi connectivity index (χ3v) is 11.2. The highest BCUT2D eigenvalue weighted by Gasteiger charge is 2.61. The number of nitrogens with one attached hydrogen (secondary N) is 2. The van der Waals surface area contributed by atoms with Crippen LogP contribution in [-0.4, -0.2) is 101 Å². The number of likely N-dealkylation sites (N-methyl/N-ethyl adjacent to an activating group) is 2. The summed E-state index contributed by atoms with van der Waals surface area (Å²) in [5.74, 6) is -3.37. The highest BCUT2D eigenvalue weighted by atomic mass is 16.2. The smallest absolute Gasteiger partial charge is 0.264 e. The first-order valence-corrected chi connectivity index (χ1v) is 18.7. The molecule has 0 aromatic heterocycles. The van der Waals surface area contributed by atoms with Crippen LogP contribution in [0.4, 0.5) is 0 Å². The maximum atomic E-state index is 15.7. The molecule has 5 atom stereocenters. The molecule has 0 radical (unpaired) electrons. The lowest BCUT2D eigenvalue weighted by molar-refractivity contribution is -0.166. The van der Waals surface area contributed by atoms with Crippen molar-refractivity contribution < 1.29 is 24.0 Å². The number of amides is 4. The monoisotopic (exact) mass is 716 g/mol. The van der Waals surface area contributed by atoms with Crippen LogP contribution in [0.25, 0.3) is 0 Å². The number of rotatable bonds is 13. The van der Waals surface area contributed by atoms with Gasteiger partial charge in [0.05, 0.1) is 18.1 Å². The first-order chi connectivity index (χ1) is 24.4. The van der Waals surface area contributed by atoms with Gasteiger partial charge in [-0.1, -0.05) is 109 Å². The Morgan fingerprint density at radius 2 is 1.48 bits per heavy atom. The summed E-state index contributed by atoms with van der Waals surface area (Å²) >= 11 is 0. The van der Waals surface area contributed by atoms with E-state index in [4.69, 9.17) is 5.73 Å². The number of nitrogens with two attached hydrogens (primary N) is 1. The van der Waals surface area contributed by atoms with Crippen LogP contribution in [0.1, 0.15) is 85.3 Å². The Balaban J connectivity index is 1.91. The fourth-order valence-corrected chi connectivity index (χ4v) is 7.97. The summed E-state index contributed by atoms with van der Waals surface area (Å²) in [7, 11) is 3.39. The van der Waals surface area contributed by atoms with Gasteiger partial charge in [-0.25, -0.2) is 4.90 Å². The molecule has 2 aromatic rings. The fraction of sp³-hybridized carbons (Fsp3) is 0.585. The molecule has 2 heterocycles. The molecule has 0 spiro atoms. The molecule has 2 aliphatic heterocycles. The number of hydrogen-bond donors (Lipinski definition) is 3. The molecule has 284 valence electrons. The van der Waals surface area contributed by atoms with Crippen LogP contribution in [0.3, 0.4) is 0 Å². The van der Waals surface area contributed by atoms with Gasteiger partial charge in [-0.15, -0.1) is 0 Å². The van der Waals surface area contributed by atoms with Crippen molar-refractivity contribution in [2.75, 3.05) is 27.2 Å². The van der Waals surface area contributed by atoms with Crippen molar-refractivity contribution in [1.29, 1.82) is 0 Å². The molecule has 4 N–H and O–H groups in total. The van der Waals surface area contributed by atoms with Crippen molar-refractivity contribution in [3.05, 3.63) is 71.8 Å². The summed E-state index contributed by atoms with van der Waals surface area (Å²) in [5, 5.41) is 6.29. The molecule has 0 aliphatic carbocycles. The van der Waals surface area contributed by atoms with Crippen LogP contribution in [-0.2, 0) is 35.9 Å². The Morgan fingerprint density at radius 3 is 2.02 bits per heavy atom. The Kier molecular flexibility index (Phi) is 13.0. The molecule has 2 saturated heterocycles. The molecule has 2 aromatic carbocycles. The largest absolute Gasteiger partial charge is 0.329 e. The normalized spacial score (nSPS) is 21.5.